The zero-order chi connectivity index (χ0) is 15.8. The maximum Gasteiger partial charge on any atom is 0.304 e. The molecule has 5 heteroatoms. The monoisotopic (exact) mass is 295 g/mol. The largest absolute Gasteiger partial charge is 0.497 e. The van der Waals surface area contributed by atoms with Crippen LogP contribution in [-0.2, 0) is 11.2 Å². The number of hydrogen-bond donors (Lipinski definition) is 2. The van der Waals surface area contributed by atoms with Crippen LogP contribution < -0.4 is 14.8 Å². The number of ether oxygens (including phenoxy) is 2. The zero-order valence-corrected chi connectivity index (χ0v) is 13.2. The van der Waals surface area contributed by atoms with Crippen LogP contribution in [0.4, 0.5) is 0 Å². The summed E-state index contributed by atoms with van der Waals surface area (Å²) in [5, 5.41) is 12.4. The van der Waals surface area contributed by atoms with E-state index in [9.17, 15) is 4.79 Å². The molecule has 1 aromatic rings. The fourth-order valence-corrected chi connectivity index (χ4v) is 2.21. The van der Waals surface area contributed by atoms with E-state index in [4.69, 9.17) is 14.6 Å². The van der Waals surface area contributed by atoms with Crippen LogP contribution in [0.25, 0.3) is 0 Å². The van der Waals surface area contributed by atoms with Crippen molar-refractivity contribution >= 4 is 5.97 Å². The molecule has 0 aliphatic rings. The van der Waals surface area contributed by atoms with Crippen molar-refractivity contribution in [1.29, 1.82) is 0 Å². The minimum atomic E-state index is -0.803. The van der Waals surface area contributed by atoms with Gasteiger partial charge in [-0.25, -0.2) is 0 Å². The van der Waals surface area contributed by atoms with Crippen LogP contribution in [0.2, 0.25) is 0 Å². The quantitative estimate of drug-likeness (QED) is 0.732. The summed E-state index contributed by atoms with van der Waals surface area (Å²) in [6.07, 6.45) is 1.64. The lowest BCUT2D eigenvalue weighted by molar-refractivity contribution is -0.137. The van der Waals surface area contributed by atoms with Gasteiger partial charge in [-0.05, 0) is 31.4 Å². The second-order valence-electron chi connectivity index (χ2n) is 5.15. The lowest BCUT2D eigenvalue weighted by Gasteiger charge is -2.22. The Balaban J connectivity index is 2.88. The minimum absolute atomic E-state index is 0.0829. The molecule has 0 saturated carbocycles. The van der Waals surface area contributed by atoms with Crippen molar-refractivity contribution in [3.05, 3.63) is 23.8 Å². The standard InChI is InChI=1S/C16H25NO4/c1-5-11(2)17-13(9-16(18)19)8-12-6-7-14(20-3)10-15(12)21-4/h6-7,10-11,13,17H,5,8-9H2,1-4H3,(H,18,19). The van der Waals surface area contributed by atoms with Crippen LogP contribution in [0.5, 0.6) is 11.5 Å². The number of carboxylic acid groups (broad SMARTS) is 1. The van der Waals surface area contributed by atoms with E-state index in [1.165, 1.54) is 0 Å². The van der Waals surface area contributed by atoms with Gasteiger partial charge in [-0.3, -0.25) is 4.79 Å². The van der Waals surface area contributed by atoms with Crippen LogP contribution in [-0.4, -0.2) is 37.4 Å². The number of nitrogens with one attached hydrogen (secondary N) is 1. The summed E-state index contributed by atoms with van der Waals surface area (Å²) in [5.74, 6) is 0.638. The molecular weight excluding hydrogens is 270 g/mol. The van der Waals surface area contributed by atoms with E-state index in [2.05, 4.69) is 19.2 Å². The van der Waals surface area contributed by atoms with E-state index in [1.807, 2.05) is 18.2 Å². The number of carbonyl (C=O) groups is 1. The van der Waals surface area contributed by atoms with Crippen LogP contribution in [0, 0.1) is 0 Å². The van der Waals surface area contributed by atoms with Crippen molar-refractivity contribution in [2.75, 3.05) is 14.2 Å². The van der Waals surface area contributed by atoms with Gasteiger partial charge < -0.3 is 19.9 Å². The van der Waals surface area contributed by atoms with Crippen molar-refractivity contribution in [1.82, 2.24) is 5.32 Å². The summed E-state index contributed by atoms with van der Waals surface area (Å²) < 4.78 is 10.5. The van der Waals surface area contributed by atoms with Gasteiger partial charge in [0.15, 0.2) is 0 Å². The molecule has 5 nitrogen and oxygen atoms in total. The number of rotatable bonds is 9. The lowest BCUT2D eigenvalue weighted by atomic mass is 10.0. The summed E-state index contributed by atoms with van der Waals surface area (Å²) in [7, 11) is 3.21. The van der Waals surface area contributed by atoms with Gasteiger partial charge in [0.2, 0.25) is 0 Å². The first kappa shape index (κ1) is 17.3. The van der Waals surface area contributed by atoms with Gasteiger partial charge in [-0.15, -0.1) is 0 Å². The third-order valence-corrected chi connectivity index (χ3v) is 3.51. The average Bonchev–Trinajstić information content (AvgIpc) is 2.46. The summed E-state index contributed by atoms with van der Waals surface area (Å²) in [4.78, 5) is 11.0. The Labute approximate surface area is 126 Å². The molecule has 0 heterocycles. The molecule has 1 rings (SSSR count). The minimum Gasteiger partial charge on any atom is -0.497 e. The smallest absolute Gasteiger partial charge is 0.304 e. The van der Waals surface area contributed by atoms with E-state index in [1.54, 1.807) is 14.2 Å². The fraction of sp³-hybridized carbons (Fsp3) is 0.562. The van der Waals surface area contributed by atoms with E-state index in [0.29, 0.717) is 6.42 Å². The van der Waals surface area contributed by atoms with E-state index in [0.717, 1.165) is 23.5 Å². The van der Waals surface area contributed by atoms with Gasteiger partial charge in [0, 0.05) is 18.2 Å². The molecule has 2 atom stereocenters. The summed E-state index contributed by atoms with van der Waals surface area (Å²) in [6.45, 7) is 4.13. The summed E-state index contributed by atoms with van der Waals surface area (Å²) in [5.41, 5.74) is 0.973. The molecule has 0 aliphatic heterocycles. The molecule has 118 valence electrons. The number of aliphatic carboxylic acids is 1. The Bertz CT molecular complexity index is 462. The molecular formula is C16H25NO4. The zero-order valence-electron chi connectivity index (χ0n) is 13.2. The molecule has 0 saturated heterocycles. The molecule has 0 aromatic heterocycles. The highest BCUT2D eigenvalue weighted by atomic mass is 16.5. The Morgan fingerprint density at radius 3 is 2.57 bits per heavy atom. The van der Waals surface area contributed by atoms with Crippen molar-refractivity contribution in [2.45, 2.75) is 45.2 Å². The lowest BCUT2D eigenvalue weighted by Crippen LogP contribution is -2.39. The van der Waals surface area contributed by atoms with E-state index >= 15 is 0 Å². The Hall–Kier alpha value is -1.75. The maximum absolute atomic E-state index is 11.0. The molecule has 0 spiro atoms. The Kier molecular flexibility index (Phi) is 7.02. The molecule has 2 unspecified atom stereocenters. The van der Waals surface area contributed by atoms with Crippen molar-refractivity contribution < 1.29 is 19.4 Å². The third kappa shape index (κ3) is 5.63. The molecule has 0 bridgehead atoms. The first-order chi connectivity index (χ1) is 9.99. The highest BCUT2D eigenvalue weighted by Crippen LogP contribution is 2.26. The molecule has 2 N–H and O–H groups in total. The predicted octanol–water partition coefficient (Wildman–Crippen LogP) is 2.48. The van der Waals surface area contributed by atoms with Crippen molar-refractivity contribution in [3.63, 3.8) is 0 Å². The van der Waals surface area contributed by atoms with Crippen LogP contribution in [0.1, 0.15) is 32.3 Å². The van der Waals surface area contributed by atoms with Gasteiger partial charge in [0.05, 0.1) is 20.6 Å². The first-order valence-electron chi connectivity index (χ1n) is 7.18. The maximum atomic E-state index is 11.0. The molecule has 1 aromatic carbocycles. The van der Waals surface area contributed by atoms with Crippen LogP contribution in [0.3, 0.4) is 0 Å². The number of hydrogen-bond acceptors (Lipinski definition) is 4. The number of carboxylic acids is 1. The highest BCUT2D eigenvalue weighted by Gasteiger charge is 2.18. The topological polar surface area (TPSA) is 67.8 Å². The normalized spacial score (nSPS) is 13.5. The Morgan fingerprint density at radius 2 is 2.05 bits per heavy atom. The first-order valence-corrected chi connectivity index (χ1v) is 7.18. The van der Waals surface area contributed by atoms with E-state index in [-0.39, 0.29) is 18.5 Å². The van der Waals surface area contributed by atoms with Crippen LogP contribution >= 0.6 is 0 Å². The number of methoxy groups -OCH3 is 2. The van der Waals surface area contributed by atoms with Gasteiger partial charge in [-0.2, -0.15) is 0 Å². The van der Waals surface area contributed by atoms with Gasteiger partial charge in [-0.1, -0.05) is 13.0 Å². The average molecular weight is 295 g/mol. The Morgan fingerprint density at radius 1 is 1.33 bits per heavy atom. The summed E-state index contributed by atoms with van der Waals surface area (Å²) >= 11 is 0. The SMILES string of the molecule is CCC(C)NC(CC(=O)O)Cc1ccc(OC)cc1OC. The van der Waals surface area contributed by atoms with Crippen molar-refractivity contribution in [2.24, 2.45) is 0 Å². The molecule has 0 fully saturated rings. The second-order valence-corrected chi connectivity index (χ2v) is 5.15. The second kappa shape index (κ2) is 8.52. The van der Waals surface area contributed by atoms with Gasteiger partial charge >= 0.3 is 5.97 Å². The molecule has 0 radical (unpaired) electrons. The van der Waals surface area contributed by atoms with E-state index < -0.39 is 5.97 Å². The highest BCUT2D eigenvalue weighted by molar-refractivity contribution is 5.67. The molecule has 0 amide bonds. The summed E-state index contributed by atoms with van der Waals surface area (Å²) in [6, 6.07) is 5.75. The van der Waals surface area contributed by atoms with Gasteiger partial charge in [0.1, 0.15) is 11.5 Å². The number of benzene rings is 1. The fourth-order valence-electron chi connectivity index (χ4n) is 2.21. The van der Waals surface area contributed by atoms with Crippen LogP contribution in [0.15, 0.2) is 18.2 Å². The predicted molar refractivity (Wildman–Crippen MR) is 82.2 cm³/mol. The molecule has 21 heavy (non-hydrogen) atoms. The van der Waals surface area contributed by atoms with Gasteiger partial charge in [0.25, 0.3) is 0 Å². The third-order valence-electron chi connectivity index (χ3n) is 3.51. The molecule has 0 aliphatic carbocycles. The van der Waals surface area contributed by atoms with Crippen molar-refractivity contribution in [3.8, 4) is 11.5 Å².